The number of hydrogen-bond acceptors (Lipinski definition) is 6. The molecule has 1 aromatic heterocycles. The van der Waals surface area contributed by atoms with Crippen LogP contribution < -0.4 is 0 Å². The fourth-order valence-corrected chi connectivity index (χ4v) is 3.00. The van der Waals surface area contributed by atoms with E-state index < -0.39 is 5.97 Å². The van der Waals surface area contributed by atoms with Gasteiger partial charge in [-0.1, -0.05) is 11.8 Å². The largest absolute Gasteiger partial charge is 0.481 e. The average Bonchev–Trinajstić information content (AvgIpc) is 2.85. The van der Waals surface area contributed by atoms with E-state index in [1.54, 1.807) is 0 Å². The third-order valence-electron chi connectivity index (χ3n) is 2.02. The van der Waals surface area contributed by atoms with Gasteiger partial charge in [-0.2, -0.15) is 11.8 Å². The number of nitrogens with zero attached hydrogens (tertiary/aromatic N) is 2. The summed E-state index contributed by atoms with van der Waals surface area (Å²) in [4.78, 5) is 10.3. The number of aliphatic carboxylic acids is 1. The molecular weight excluding hydrogens is 236 g/mol. The molecule has 7 heteroatoms. The molecule has 1 N–H and O–H groups in total. The van der Waals surface area contributed by atoms with Gasteiger partial charge in [0, 0.05) is 11.7 Å². The summed E-state index contributed by atoms with van der Waals surface area (Å²) < 4.78 is 5.38. The quantitative estimate of drug-likeness (QED) is 0.806. The lowest BCUT2D eigenvalue weighted by Crippen LogP contribution is -1.97. The summed E-state index contributed by atoms with van der Waals surface area (Å²) in [7, 11) is 0. The molecular formula is C8H10N2O3S2. The minimum atomic E-state index is -0.879. The summed E-state index contributed by atoms with van der Waals surface area (Å²) in [6.07, 6.45) is 1.07. The first-order valence-corrected chi connectivity index (χ1v) is 6.65. The van der Waals surface area contributed by atoms with Crippen LogP contribution in [0, 0.1) is 0 Å². The zero-order chi connectivity index (χ0) is 10.7. The van der Waals surface area contributed by atoms with Crippen LogP contribution in [0.15, 0.2) is 9.64 Å². The monoisotopic (exact) mass is 246 g/mol. The van der Waals surface area contributed by atoms with Crippen LogP contribution in [-0.4, -0.2) is 38.5 Å². The zero-order valence-corrected chi connectivity index (χ0v) is 9.51. The smallest absolute Gasteiger partial charge is 0.314 e. The summed E-state index contributed by atoms with van der Waals surface area (Å²) in [6, 6.07) is 0. The first-order chi connectivity index (χ1) is 7.25. The third kappa shape index (κ3) is 2.88. The molecule has 0 amide bonds. The van der Waals surface area contributed by atoms with Crippen LogP contribution in [0.2, 0.25) is 0 Å². The first-order valence-electron chi connectivity index (χ1n) is 4.51. The maximum Gasteiger partial charge on any atom is 0.314 e. The molecule has 1 unspecified atom stereocenters. The van der Waals surface area contributed by atoms with Crippen LogP contribution in [0.5, 0.6) is 0 Å². The van der Waals surface area contributed by atoms with Gasteiger partial charge in [0.2, 0.25) is 5.89 Å². The van der Waals surface area contributed by atoms with Crippen molar-refractivity contribution in [2.75, 3.05) is 17.3 Å². The second kappa shape index (κ2) is 4.89. The molecule has 82 valence electrons. The van der Waals surface area contributed by atoms with Crippen LogP contribution >= 0.6 is 23.5 Å². The Bertz CT molecular complexity index is 349. The second-order valence-electron chi connectivity index (χ2n) is 3.15. The molecule has 1 fully saturated rings. The Morgan fingerprint density at radius 2 is 2.53 bits per heavy atom. The molecule has 2 heterocycles. The van der Waals surface area contributed by atoms with E-state index in [-0.39, 0.29) is 5.75 Å². The molecule has 0 saturated carbocycles. The number of aromatic nitrogens is 2. The molecule has 1 saturated heterocycles. The lowest BCUT2D eigenvalue weighted by Gasteiger charge is -1.98. The van der Waals surface area contributed by atoms with Crippen LogP contribution in [-0.2, 0) is 4.79 Å². The summed E-state index contributed by atoms with van der Waals surface area (Å²) in [6.45, 7) is 0. The predicted molar refractivity (Wildman–Crippen MR) is 57.3 cm³/mol. The Balaban J connectivity index is 1.94. The van der Waals surface area contributed by atoms with Gasteiger partial charge in [0.1, 0.15) is 5.75 Å². The second-order valence-corrected chi connectivity index (χ2v) is 5.23. The van der Waals surface area contributed by atoms with Gasteiger partial charge >= 0.3 is 5.97 Å². The SMILES string of the molecule is O=C(O)CSc1nnc(C2CCSC2)o1. The van der Waals surface area contributed by atoms with Gasteiger partial charge in [0.05, 0.1) is 0 Å². The van der Waals surface area contributed by atoms with E-state index in [4.69, 9.17) is 9.52 Å². The number of hydrogen-bond donors (Lipinski definition) is 1. The highest BCUT2D eigenvalue weighted by Gasteiger charge is 2.23. The number of carbonyl (C=O) groups is 1. The standard InChI is InChI=1S/C8H10N2O3S2/c11-6(12)4-15-8-10-9-7(13-8)5-1-2-14-3-5/h5H,1-4H2,(H,11,12). The highest BCUT2D eigenvalue weighted by molar-refractivity contribution is 7.99. The van der Waals surface area contributed by atoms with Gasteiger partial charge in [-0.3, -0.25) is 4.79 Å². The fraction of sp³-hybridized carbons (Fsp3) is 0.625. The lowest BCUT2D eigenvalue weighted by molar-refractivity contribution is -0.133. The number of thioether (sulfide) groups is 2. The average molecular weight is 246 g/mol. The van der Waals surface area contributed by atoms with Crippen molar-refractivity contribution in [1.82, 2.24) is 10.2 Å². The predicted octanol–water partition coefficient (Wildman–Crippen LogP) is 1.47. The molecule has 0 bridgehead atoms. The minimum absolute atomic E-state index is 0.0406. The van der Waals surface area contributed by atoms with Crippen LogP contribution in [0.4, 0.5) is 0 Å². The van der Waals surface area contributed by atoms with Gasteiger partial charge in [-0.15, -0.1) is 10.2 Å². The maximum atomic E-state index is 10.3. The van der Waals surface area contributed by atoms with Crippen molar-refractivity contribution < 1.29 is 14.3 Å². The van der Waals surface area contributed by atoms with Crippen molar-refractivity contribution >= 4 is 29.5 Å². The summed E-state index contributed by atoms with van der Waals surface area (Å²) in [5, 5.41) is 16.6. The van der Waals surface area contributed by atoms with Gasteiger partial charge in [-0.25, -0.2) is 0 Å². The van der Waals surface area contributed by atoms with E-state index in [1.165, 1.54) is 0 Å². The molecule has 1 atom stereocenters. The Hall–Kier alpha value is -0.690. The van der Waals surface area contributed by atoms with Gasteiger partial charge in [-0.05, 0) is 12.2 Å². The highest BCUT2D eigenvalue weighted by atomic mass is 32.2. The fourth-order valence-electron chi connectivity index (χ4n) is 1.30. The zero-order valence-electron chi connectivity index (χ0n) is 7.88. The molecule has 1 aliphatic rings. The van der Waals surface area contributed by atoms with Crippen molar-refractivity contribution in [3.05, 3.63) is 5.89 Å². The number of carboxylic acid groups (broad SMARTS) is 1. The van der Waals surface area contributed by atoms with E-state index in [2.05, 4.69) is 10.2 Å². The molecule has 15 heavy (non-hydrogen) atoms. The summed E-state index contributed by atoms with van der Waals surface area (Å²) >= 11 is 2.94. The number of carboxylic acids is 1. The lowest BCUT2D eigenvalue weighted by atomic mass is 10.1. The van der Waals surface area contributed by atoms with Crippen molar-refractivity contribution in [2.24, 2.45) is 0 Å². The molecule has 1 aliphatic heterocycles. The maximum absolute atomic E-state index is 10.3. The number of rotatable bonds is 4. The first kappa shape index (κ1) is 10.8. The molecule has 0 aromatic carbocycles. The molecule has 1 aromatic rings. The highest BCUT2D eigenvalue weighted by Crippen LogP contribution is 2.32. The van der Waals surface area contributed by atoms with E-state index >= 15 is 0 Å². The van der Waals surface area contributed by atoms with Gasteiger partial charge in [0.25, 0.3) is 5.22 Å². The Morgan fingerprint density at radius 1 is 1.67 bits per heavy atom. The van der Waals surface area contributed by atoms with Crippen molar-refractivity contribution in [3.8, 4) is 0 Å². The van der Waals surface area contributed by atoms with Crippen molar-refractivity contribution in [1.29, 1.82) is 0 Å². The van der Waals surface area contributed by atoms with Gasteiger partial charge < -0.3 is 9.52 Å². The Kier molecular flexibility index (Phi) is 3.53. The minimum Gasteiger partial charge on any atom is -0.481 e. The van der Waals surface area contributed by atoms with Crippen molar-refractivity contribution in [3.63, 3.8) is 0 Å². The van der Waals surface area contributed by atoms with Crippen LogP contribution in [0.3, 0.4) is 0 Å². The molecule has 0 aliphatic carbocycles. The van der Waals surface area contributed by atoms with E-state index in [9.17, 15) is 4.79 Å². The molecule has 0 radical (unpaired) electrons. The van der Waals surface area contributed by atoms with Crippen LogP contribution in [0.25, 0.3) is 0 Å². The van der Waals surface area contributed by atoms with E-state index in [0.29, 0.717) is 17.0 Å². The summed E-state index contributed by atoms with van der Waals surface area (Å²) in [5.41, 5.74) is 0. The topological polar surface area (TPSA) is 76.2 Å². The van der Waals surface area contributed by atoms with Crippen molar-refractivity contribution in [2.45, 2.75) is 17.6 Å². The van der Waals surface area contributed by atoms with Crippen LogP contribution in [0.1, 0.15) is 18.2 Å². The molecule has 2 rings (SSSR count). The third-order valence-corrected chi connectivity index (χ3v) is 3.99. The Labute approximate surface area is 95.0 Å². The molecule has 0 spiro atoms. The summed E-state index contributed by atoms with van der Waals surface area (Å²) in [5.74, 6) is 2.22. The Morgan fingerprint density at radius 3 is 3.20 bits per heavy atom. The van der Waals surface area contributed by atoms with E-state index in [1.807, 2.05) is 11.8 Å². The van der Waals surface area contributed by atoms with E-state index in [0.717, 1.165) is 29.7 Å². The normalized spacial score (nSPS) is 20.7. The molecule has 5 nitrogen and oxygen atoms in total. The van der Waals surface area contributed by atoms with Gasteiger partial charge in [0.15, 0.2) is 0 Å².